The predicted octanol–water partition coefficient (Wildman–Crippen LogP) is 2.96. The fraction of sp³-hybridized carbons (Fsp3) is 0. The maximum atomic E-state index is 11.6. The van der Waals surface area contributed by atoms with Crippen LogP contribution in [0.4, 0.5) is 5.69 Å². The van der Waals surface area contributed by atoms with E-state index in [2.05, 4.69) is 15.2 Å². The molecule has 0 aliphatic rings. The molecule has 4 aromatic rings. The van der Waals surface area contributed by atoms with E-state index in [1.54, 1.807) is 48.5 Å². The molecule has 0 saturated heterocycles. The fourth-order valence-corrected chi connectivity index (χ4v) is 3.39. The SMILES string of the molecule is N#[N+]c1ccc(-n2nc3cc(S(=O)(=O)[O-])c4ccccc4c3n2)cc1. The Kier molecular flexibility index (Phi) is 3.24. The number of fused-ring (bicyclic) bond motifs is 3. The lowest BCUT2D eigenvalue weighted by Crippen LogP contribution is -1.99. The number of hydrogen-bond acceptors (Lipinski definition) is 6. The van der Waals surface area contributed by atoms with E-state index in [9.17, 15) is 13.0 Å². The van der Waals surface area contributed by atoms with Crippen LogP contribution in [0.2, 0.25) is 0 Å². The highest BCUT2D eigenvalue weighted by atomic mass is 32.2. The van der Waals surface area contributed by atoms with E-state index in [0.717, 1.165) is 0 Å². The minimum Gasteiger partial charge on any atom is -0.744 e. The first-order chi connectivity index (χ1) is 12.0. The molecule has 0 spiro atoms. The van der Waals surface area contributed by atoms with Gasteiger partial charge >= 0.3 is 5.69 Å². The third-order valence-corrected chi connectivity index (χ3v) is 4.70. The van der Waals surface area contributed by atoms with Gasteiger partial charge in [0.2, 0.25) is 5.39 Å². The lowest BCUT2D eigenvalue weighted by atomic mass is 10.1. The van der Waals surface area contributed by atoms with E-state index in [0.29, 0.717) is 33.2 Å². The van der Waals surface area contributed by atoms with Gasteiger partial charge in [0.05, 0.1) is 10.6 Å². The second-order valence-electron chi connectivity index (χ2n) is 5.35. The average Bonchev–Trinajstić information content (AvgIpc) is 3.05. The molecule has 1 aromatic heterocycles. The number of benzene rings is 3. The van der Waals surface area contributed by atoms with Crippen LogP contribution in [0.5, 0.6) is 0 Å². The van der Waals surface area contributed by atoms with Gasteiger partial charge in [-0.1, -0.05) is 24.3 Å². The Bertz CT molecular complexity index is 1270. The van der Waals surface area contributed by atoms with Crippen molar-refractivity contribution in [1.29, 1.82) is 5.39 Å². The molecule has 0 fully saturated rings. The number of aromatic nitrogens is 3. The summed E-state index contributed by atoms with van der Waals surface area (Å²) in [6.45, 7) is 0. The zero-order valence-corrected chi connectivity index (χ0v) is 13.4. The first kappa shape index (κ1) is 15.2. The first-order valence-corrected chi connectivity index (χ1v) is 8.58. The van der Waals surface area contributed by atoms with Crippen molar-refractivity contribution < 1.29 is 13.0 Å². The smallest absolute Gasteiger partial charge is 0.385 e. The number of hydrogen-bond donors (Lipinski definition) is 0. The zero-order chi connectivity index (χ0) is 17.6. The molecule has 1 heterocycles. The van der Waals surface area contributed by atoms with Crippen LogP contribution in [0, 0.1) is 5.39 Å². The van der Waals surface area contributed by atoms with Gasteiger partial charge in [-0.25, -0.2) is 8.42 Å². The summed E-state index contributed by atoms with van der Waals surface area (Å²) in [5.41, 5.74) is 1.76. The van der Waals surface area contributed by atoms with E-state index in [1.807, 2.05) is 0 Å². The van der Waals surface area contributed by atoms with Crippen LogP contribution in [0.3, 0.4) is 0 Å². The zero-order valence-electron chi connectivity index (χ0n) is 12.6. The van der Waals surface area contributed by atoms with Crippen molar-refractivity contribution in [3.05, 3.63) is 59.6 Å². The van der Waals surface area contributed by atoms with Gasteiger partial charge in [-0.2, -0.15) is 4.80 Å². The van der Waals surface area contributed by atoms with Crippen LogP contribution in [-0.4, -0.2) is 28.0 Å². The molecule has 8 nitrogen and oxygen atoms in total. The fourth-order valence-electron chi connectivity index (χ4n) is 2.69. The van der Waals surface area contributed by atoms with Crippen LogP contribution >= 0.6 is 0 Å². The Hall–Kier alpha value is -3.35. The van der Waals surface area contributed by atoms with Crippen LogP contribution in [0.15, 0.2) is 59.5 Å². The molecule has 0 radical (unpaired) electrons. The minimum absolute atomic E-state index is 0.295. The Morgan fingerprint density at radius 1 is 1.00 bits per heavy atom. The lowest BCUT2D eigenvalue weighted by molar-refractivity contribution is 0.464. The quantitative estimate of drug-likeness (QED) is 0.405. The minimum atomic E-state index is -4.65. The summed E-state index contributed by atoms with van der Waals surface area (Å²) in [5, 5.41) is 18.3. The monoisotopic (exact) mass is 351 g/mol. The lowest BCUT2D eigenvalue weighted by Gasteiger charge is -2.10. The highest BCUT2D eigenvalue weighted by Gasteiger charge is 2.15. The number of rotatable bonds is 2. The Balaban J connectivity index is 2.02. The topological polar surface area (TPSA) is 116 Å². The van der Waals surface area contributed by atoms with Gasteiger partial charge in [-0.3, -0.25) is 0 Å². The van der Waals surface area contributed by atoms with Crippen molar-refractivity contribution in [2.75, 3.05) is 0 Å². The van der Waals surface area contributed by atoms with Gasteiger partial charge in [0.1, 0.15) is 21.2 Å². The molecule has 0 aliphatic heterocycles. The van der Waals surface area contributed by atoms with Gasteiger partial charge in [-0.15, -0.1) is 10.2 Å². The van der Waals surface area contributed by atoms with E-state index in [1.165, 1.54) is 10.9 Å². The molecular weight excluding hydrogens is 342 g/mol. The molecule has 0 unspecified atom stereocenters. The number of diazo groups is 1. The van der Waals surface area contributed by atoms with E-state index < -0.39 is 10.1 Å². The molecule has 0 saturated carbocycles. The maximum absolute atomic E-state index is 11.6. The summed E-state index contributed by atoms with van der Waals surface area (Å²) < 4.78 is 34.8. The summed E-state index contributed by atoms with van der Waals surface area (Å²) in [4.78, 5) is 4.09. The molecule has 122 valence electrons. The van der Waals surface area contributed by atoms with Crippen LogP contribution in [0.25, 0.3) is 32.5 Å². The summed E-state index contributed by atoms with van der Waals surface area (Å²) in [6.07, 6.45) is 0. The molecule has 0 amide bonds. The van der Waals surface area contributed by atoms with Gasteiger partial charge in [0.15, 0.2) is 4.98 Å². The van der Waals surface area contributed by atoms with Crippen molar-refractivity contribution in [2.45, 2.75) is 4.90 Å². The van der Waals surface area contributed by atoms with Crippen molar-refractivity contribution in [2.24, 2.45) is 0 Å². The normalized spacial score (nSPS) is 11.7. The van der Waals surface area contributed by atoms with E-state index >= 15 is 0 Å². The van der Waals surface area contributed by atoms with Crippen molar-refractivity contribution in [3.63, 3.8) is 0 Å². The summed E-state index contributed by atoms with van der Waals surface area (Å²) in [7, 11) is -4.65. The highest BCUT2D eigenvalue weighted by Crippen LogP contribution is 2.30. The van der Waals surface area contributed by atoms with Crippen LogP contribution in [-0.2, 0) is 10.1 Å². The first-order valence-electron chi connectivity index (χ1n) is 7.17. The number of nitrogens with zero attached hydrogens (tertiary/aromatic N) is 5. The molecule has 0 aliphatic carbocycles. The third kappa shape index (κ3) is 2.50. The summed E-state index contributed by atoms with van der Waals surface area (Å²) in [5.74, 6) is 0. The Morgan fingerprint density at radius 3 is 2.32 bits per heavy atom. The second kappa shape index (κ2) is 5.34. The molecule has 0 bridgehead atoms. The van der Waals surface area contributed by atoms with Crippen molar-refractivity contribution >= 4 is 37.6 Å². The van der Waals surface area contributed by atoms with E-state index in [-0.39, 0.29) is 4.90 Å². The molecule has 0 N–H and O–H groups in total. The Morgan fingerprint density at radius 2 is 1.68 bits per heavy atom. The average molecular weight is 351 g/mol. The Labute approximate surface area is 141 Å². The standard InChI is InChI=1S/C16H9N5O3S/c17-18-10-5-7-11(8-6-10)21-19-14-9-15(25(22,23)24)12-3-1-2-4-13(12)16(14)20-21/h1-9H. The molecule has 4 rings (SSSR count). The molecule has 3 aromatic carbocycles. The predicted molar refractivity (Wildman–Crippen MR) is 89.1 cm³/mol. The van der Waals surface area contributed by atoms with E-state index in [4.69, 9.17) is 5.39 Å². The molecule has 25 heavy (non-hydrogen) atoms. The maximum Gasteiger partial charge on any atom is 0.385 e. The second-order valence-corrected chi connectivity index (χ2v) is 6.70. The summed E-state index contributed by atoms with van der Waals surface area (Å²) in [6, 6.07) is 14.4. The van der Waals surface area contributed by atoms with Crippen molar-refractivity contribution in [3.8, 4) is 5.69 Å². The summed E-state index contributed by atoms with van der Waals surface area (Å²) >= 11 is 0. The van der Waals surface area contributed by atoms with Crippen LogP contribution < -0.4 is 0 Å². The highest BCUT2D eigenvalue weighted by molar-refractivity contribution is 7.86. The van der Waals surface area contributed by atoms with Gasteiger partial charge in [-0.05, 0) is 18.2 Å². The molecule has 9 heteroatoms. The largest absolute Gasteiger partial charge is 0.744 e. The van der Waals surface area contributed by atoms with Crippen molar-refractivity contribution in [1.82, 2.24) is 15.0 Å². The van der Waals surface area contributed by atoms with Gasteiger partial charge in [0.25, 0.3) is 0 Å². The molecule has 0 atom stereocenters. The van der Waals surface area contributed by atoms with Gasteiger partial charge in [0, 0.05) is 22.9 Å². The van der Waals surface area contributed by atoms with Gasteiger partial charge < -0.3 is 4.55 Å². The molecular formula is C16H9N5O3S. The van der Waals surface area contributed by atoms with Crippen LogP contribution in [0.1, 0.15) is 0 Å². The third-order valence-electron chi connectivity index (χ3n) is 3.82.